The number of aliphatic hydroxyl groups excluding tert-OH is 1. The molecule has 0 amide bonds. The van der Waals surface area contributed by atoms with Crippen molar-refractivity contribution in [3.05, 3.63) is 0 Å². The minimum absolute atomic E-state index is 0.0148. The molecule has 38 heavy (non-hydrogen) atoms. The van der Waals surface area contributed by atoms with Crippen molar-refractivity contribution in [3.8, 4) is 0 Å². The minimum Gasteiger partial charge on any atom is -0.466 e. The van der Waals surface area contributed by atoms with Crippen molar-refractivity contribution in [2.45, 2.75) is 162 Å². The molecule has 0 saturated heterocycles. The Bertz CT molecular complexity index is 493. The molecule has 0 aliphatic carbocycles. The fourth-order valence-electron chi connectivity index (χ4n) is 4.19. The Morgan fingerprint density at radius 3 is 1.55 bits per heavy atom. The van der Waals surface area contributed by atoms with Crippen LogP contribution in [0.15, 0.2) is 0 Å². The van der Waals surface area contributed by atoms with Crippen LogP contribution in [0.3, 0.4) is 0 Å². The van der Waals surface area contributed by atoms with E-state index in [-0.39, 0.29) is 18.2 Å². The van der Waals surface area contributed by atoms with Gasteiger partial charge in [0.05, 0.1) is 13.2 Å². The first-order valence-corrected chi connectivity index (χ1v) is 15.9. The van der Waals surface area contributed by atoms with E-state index in [2.05, 4.69) is 23.5 Å². The van der Waals surface area contributed by atoms with Gasteiger partial charge in [-0.3, -0.25) is 9.59 Å². The first-order chi connectivity index (χ1) is 18.3. The number of aliphatic hydroxyl groups is 1. The molecule has 0 rings (SSSR count). The predicted molar refractivity (Wildman–Crippen MR) is 160 cm³/mol. The number of carbonyl (C=O) groups excluding carboxylic acids is 2. The van der Waals surface area contributed by atoms with Crippen LogP contribution in [0.1, 0.15) is 157 Å². The van der Waals surface area contributed by atoms with E-state index in [1.807, 2.05) is 20.8 Å². The Kier molecular flexibility index (Phi) is 31.2. The van der Waals surface area contributed by atoms with E-state index in [0.29, 0.717) is 19.5 Å². The van der Waals surface area contributed by atoms with Crippen molar-refractivity contribution in [3.63, 3.8) is 0 Å². The summed E-state index contributed by atoms with van der Waals surface area (Å²) >= 11 is 0. The normalized spacial score (nSPS) is 11.2. The highest BCUT2D eigenvalue weighted by Gasteiger charge is 2.07. The van der Waals surface area contributed by atoms with Crippen molar-refractivity contribution in [1.29, 1.82) is 0 Å². The number of hydrogen-bond donors (Lipinski definition) is 1. The van der Waals surface area contributed by atoms with E-state index in [4.69, 9.17) is 4.74 Å². The molecule has 0 radical (unpaired) electrons. The number of ether oxygens (including phenoxy) is 2. The number of esters is 1. The van der Waals surface area contributed by atoms with Crippen molar-refractivity contribution in [2.24, 2.45) is 0 Å². The molecule has 0 aromatic rings. The fourth-order valence-corrected chi connectivity index (χ4v) is 4.19. The number of rotatable bonds is 26. The smallest absolute Gasteiger partial charge is 0.305 e. The van der Waals surface area contributed by atoms with Gasteiger partial charge in [-0.25, -0.2) is 0 Å². The fraction of sp³-hybridized carbons (Fsp3) is 0.938. The van der Waals surface area contributed by atoms with Gasteiger partial charge in [-0.2, -0.15) is 0 Å². The van der Waals surface area contributed by atoms with E-state index in [1.54, 1.807) is 0 Å². The van der Waals surface area contributed by atoms with Gasteiger partial charge in [-0.1, -0.05) is 104 Å². The summed E-state index contributed by atoms with van der Waals surface area (Å²) in [6, 6.07) is 0. The summed E-state index contributed by atoms with van der Waals surface area (Å²) in [7, 11) is 0. The summed E-state index contributed by atoms with van der Waals surface area (Å²) in [5, 5.41) is 9.28. The van der Waals surface area contributed by atoms with E-state index < -0.39 is 0 Å². The van der Waals surface area contributed by atoms with Gasteiger partial charge in [0.15, 0.2) is 0 Å². The van der Waals surface area contributed by atoms with E-state index in [0.717, 1.165) is 38.9 Å². The Hall–Kier alpha value is -1.14. The van der Waals surface area contributed by atoms with E-state index >= 15 is 0 Å². The summed E-state index contributed by atoms with van der Waals surface area (Å²) in [6.07, 6.45) is 22.9. The topological polar surface area (TPSA) is 76.1 Å². The zero-order valence-electron chi connectivity index (χ0n) is 26.1. The van der Waals surface area contributed by atoms with Crippen LogP contribution >= 0.6 is 0 Å². The lowest BCUT2D eigenvalue weighted by Crippen LogP contribution is -2.29. The van der Waals surface area contributed by atoms with Crippen LogP contribution in [-0.2, 0) is 19.1 Å². The number of unbranched alkanes of at least 4 members (excludes halogenated alkanes) is 15. The summed E-state index contributed by atoms with van der Waals surface area (Å²) < 4.78 is 9.90. The van der Waals surface area contributed by atoms with Crippen LogP contribution in [0.2, 0.25) is 0 Å². The zero-order valence-corrected chi connectivity index (χ0v) is 26.1. The van der Waals surface area contributed by atoms with E-state index in [9.17, 15) is 14.7 Å². The Balaban J connectivity index is 0. The van der Waals surface area contributed by atoms with Crippen molar-refractivity contribution >= 4 is 12.4 Å². The van der Waals surface area contributed by atoms with Gasteiger partial charge >= 0.3 is 5.97 Å². The molecule has 0 atom stereocenters. The third-order valence-corrected chi connectivity index (χ3v) is 6.51. The minimum atomic E-state index is -0.318. The maximum Gasteiger partial charge on any atom is 0.305 e. The first-order valence-electron chi connectivity index (χ1n) is 15.9. The summed E-state index contributed by atoms with van der Waals surface area (Å²) in [5.41, 5.74) is -0.318. The zero-order chi connectivity index (χ0) is 28.7. The van der Waals surface area contributed by atoms with Gasteiger partial charge in [0.1, 0.15) is 5.60 Å². The Labute approximate surface area is 236 Å². The molecule has 0 bridgehead atoms. The molecule has 1 N–H and O–H groups in total. The molecule has 0 aliphatic rings. The van der Waals surface area contributed by atoms with Crippen molar-refractivity contribution in [1.82, 2.24) is 4.90 Å². The lowest BCUT2D eigenvalue weighted by atomic mass is 10.1. The lowest BCUT2D eigenvalue weighted by Gasteiger charge is -2.21. The van der Waals surface area contributed by atoms with Crippen LogP contribution in [0.25, 0.3) is 0 Å². The van der Waals surface area contributed by atoms with Crippen molar-refractivity contribution < 1.29 is 24.2 Å². The average Bonchev–Trinajstić information content (AvgIpc) is 2.86. The average molecular weight is 544 g/mol. The second-order valence-corrected chi connectivity index (χ2v) is 11.5. The van der Waals surface area contributed by atoms with Gasteiger partial charge in [0.2, 0.25) is 0 Å². The maximum absolute atomic E-state index is 11.8. The Morgan fingerprint density at radius 1 is 0.684 bits per heavy atom. The van der Waals surface area contributed by atoms with Gasteiger partial charge in [-0.05, 0) is 59.5 Å². The second-order valence-electron chi connectivity index (χ2n) is 11.5. The van der Waals surface area contributed by atoms with Crippen LogP contribution in [-0.4, -0.2) is 60.9 Å². The molecule has 0 unspecified atom stereocenters. The molecule has 0 saturated carbocycles. The molecule has 0 spiro atoms. The summed E-state index contributed by atoms with van der Waals surface area (Å²) in [4.78, 5) is 23.8. The highest BCUT2D eigenvalue weighted by molar-refractivity contribution is 5.69. The molecular formula is C32H65NO5. The highest BCUT2D eigenvalue weighted by Crippen LogP contribution is 2.10. The van der Waals surface area contributed by atoms with Crippen LogP contribution < -0.4 is 0 Å². The number of hydrogen-bond acceptors (Lipinski definition) is 6. The molecule has 0 fully saturated rings. The third-order valence-electron chi connectivity index (χ3n) is 6.51. The molecule has 6 heteroatoms. The predicted octanol–water partition coefficient (Wildman–Crippen LogP) is 8.23. The monoisotopic (exact) mass is 543 g/mol. The van der Waals surface area contributed by atoms with Crippen LogP contribution in [0.4, 0.5) is 0 Å². The second kappa shape index (κ2) is 30.4. The molecule has 6 nitrogen and oxygen atoms in total. The molecule has 0 heterocycles. The van der Waals surface area contributed by atoms with Gasteiger partial charge in [0, 0.05) is 13.0 Å². The highest BCUT2D eigenvalue weighted by atomic mass is 16.5. The van der Waals surface area contributed by atoms with Crippen LogP contribution in [0, 0.1) is 0 Å². The number of nitrogens with zero attached hydrogens (tertiary/aromatic N) is 1. The Morgan fingerprint density at radius 2 is 1.13 bits per heavy atom. The van der Waals surface area contributed by atoms with Gasteiger partial charge in [-0.15, -0.1) is 0 Å². The van der Waals surface area contributed by atoms with Crippen LogP contribution in [0.5, 0.6) is 0 Å². The molecule has 0 aromatic carbocycles. The molecular weight excluding hydrogens is 478 g/mol. The molecule has 0 aromatic heterocycles. The molecule has 0 aliphatic heterocycles. The number of carbonyl (C=O) groups is 2. The maximum atomic E-state index is 11.8. The SMILES string of the molecule is CC(C)(C)OC=O.CCCCCCCCCOC(=O)CCCCCCCN(CCO)CCCCCCCC. The van der Waals surface area contributed by atoms with E-state index in [1.165, 1.54) is 96.3 Å². The standard InChI is InChI=1S/C27H55NO3.C5H10O2/c1-3-5-7-9-11-16-20-26-31-27(30)21-17-13-12-15-19-23-28(24-25-29)22-18-14-10-8-6-4-2;1-5(2,3)7-4-6/h29H,3-26H2,1-2H3;4H,1-3H3. The van der Waals surface area contributed by atoms with Crippen molar-refractivity contribution in [2.75, 3.05) is 32.8 Å². The van der Waals surface area contributed by atoms with Gasteiger partial charge < -0.3 is 19.5 Å². The molecule has 228 valence electrons. The first kappa shape index (κ1) is 39.0. The summed E-state index contributed by atoms with van der Waals surface area (Å²) in [5.74, 6) is -0.0148. The lowest BCUT2D eigenvalue weighted by molar-refractivity contribution is -0.144. The summed E-state index contributed by atoms with van der Waals surface area (Å²) in [6.45, 7) is 14.3. The largest absolute Gasteiger partial charge is 0.466 e. The quantitative estimate of drug-likeness (QED) is 0.0672. The van der Waals surface area contributed by atoms with Gasteiger partial charge in [0.25, 0.3) is 6.47 Å². The third kappa shape index (κ3) is 34.9.